The fourth-order valence-corrected chi connectivity index (χ4v) is 5.67. The van der Waals surface area contributed by atoms with Gasteiger partial charge in [0.05, 0.1) is 0 Å². The Labute approximate surface area is 210 Å². The maximum atomic E-state index is 12.5. The molecule has 1 saturated heterocycles. The van der Waals surface area contributed by atoms with Crippen LogP contribution in [0.1, 0.15) is 50.4 Å². The molecular weight excluding hydrogens is 490 g/mol. The van der Waals surface area contributed by atoms with E-state index in [9.17, 15) is 4.79 Å². The van der Waals surface area contributed by atoms with Gasteiger partial charge in [-0.05, 0) is 77.3 Å². The Morgan fingerprint density at radius 3 is 2.59 bits per heavy atom. The van der Waals surface area contributed by atoms with E-state index in [1.807, 2.05) is 26.1 Å². The van der Waals surface area contributed by atoms with Gasteiger partial charge in [-0.3, -0.25) is 4.79 Å². The molecule has 0 spiro atoms. The lowest BCUT2D eigenvalue weighted by Gasteiger charge is -2.41. The van der Waals surface area contributed by atoms with Crippen molar-refractivity contribution in [2.75, 3.05) is 29.9 Å². The van der Waals surface area contributed by atoms with Crippen LogP contribution in [0.5, 0.6) is 0 Å². The summed E-state index contributed by atoms with van der Waals surface area (Å²) in [5.74, 6) is 0.796. The molecule has 2 aromatic heterocycles. The second-order valence-corrected chi connectivity index (χ2v) is 10.5. The van der Waals surface area contributed by atoms with Gasteiger partial charge in [0.25, 0.3) is 5.56 Å². The Balaban J connectivity index is 1.65. The van der Waals surface area contributed by atoms with Gasteiger partial charge in [0, 0.05) is 76.6 Å². The van der Waals surface area contributed by atoms with Crippen LogP contribution in [0, 0.1) is 13.8 Å². The van der Waals surface area contributed by atoms with Gasteiger partial charge < -0.3 is 20.1 Å². The van der Waals surface area contributed by atoms with Crippen LogP contribution in [-0.2, 0) is 6.54 Å². The number of benzene rings is 1. The van der Waals surface area contributed by atoms with Crippen molar-refractivity contribution in [1.29, 1.82) is 0 Å². The first kappa shape index (κ1) is 24.7. The minimum Gasteiger partial charge on any atom is -0.368 e. The van der Waals surface area contributed by atoms with Crippen molar-refractivity contribution in [3.05, 3.63) is 62.1 Å². The van der Waals surface area contributed by atoms with Gasteiger partial charge in [0.15, 0.2) is 0 Å². The molecule has 0 aliphatic carbocycles. The molecule has 182 valence electrons. The van der Waals surface area contributed by atoms with E-state index in [-0.39, 0.29) is 5.56 Å². The third-order valence-corrected chi connectivity index (χ3v) is 7.53. The summed E-state index contributed by atoms with van der Waals surface area (Å²) in [4.78, 5) is 25.2. The van der Waals surface area contributed by atoms with Gasteiger partial charge in [0.2, 0.25) is 0 Å². The average molecular weight is 527 g/mol. The quantitative estimate of drug-likeness (QED) is 0.419. The molecule has 1 aromatic carbocycles. The second-order valence-electron chi connectivity index (χ2n) is 9.62. The van der Waals surface area contributed by atoms with Gasteiger partial charge in [-0.15, -0.1) is 0 Å². The third kappa shape index (κ3) is 5.15. The van der Waals surface area contributed by atoms with E-state index in [1.54, 1.807) is 0 Å². The molecule has 0 amide bonds. The first-order chi connectivity index (χ1) is 16.3. The van der Waals surface area contributed by atoms with Crippen LogP contribution in [0.2, 0.25) is 0 Å². The number of aromatic amines is 1. The van der Waals surface area contributed by atoms with Crippen LogP contribution in [0.3, 0.4) is 0 Å². The zero-order valence-corrected chi connectivity index (χ0v) is 22.5. The number of nitrogens with zero attached hydrogens (tertiary/aromatic N) is 3. The first-order valence-corrected chi connectivity index (χ1v) is 13.1. The summed E-state index contributed by atoms with van der Waals surface area (Å²) in [7, 11) is 0. The number of aryl methyl sites for hydroxylation is 2. The minimum absolute atomic E-state index is 0.0444. The summed E-state index contributed by atoms with van der Waals surface area (Å²) in [6.45, 7) is 14.4. The number of hydrogen-bond acceptors (Lipinski definition) is 5. The van der Waals surface area contributed by atoms with Crippen LogP contribution in [0.25, 0.3) is 10.8 Å². The van der Waals surface area contributed by atoms with Gasteiger partial charge in [-0.2, -0.15) is 0 Å². The van der Waals surface area contributed by atoms with Crippen LogP contribution in [0.4, 0.5) is 11.5 Å². The predicted molar refractivity (Wildman–Crippen MR) is 146 cm³/mol. The molecule has 1 fully saturated rings. The van der Waals surface area contributed by atoms with Crippen molar-refractivity contribution in [2.45, 2.75) is 66.1 Å². The van der Waals surface area contributed by atoms with Gasteiger partial charge >= 0.3 is 0 Å². The second kappa shape index (κ2) is 10.5. The van der Waals surface area contributed by atoms with Crippen molar-refractivity contribution in [3.8, 4) is 0 Å². The van der Waals surface area contributed by atoms with E-state index in [4.69, 9.17) is 0 Å². The van der Waals surface area contributed by atoms with E-state index in [1.165, 1.54) is 23.9 Å². The topological polar surface area (TPSA) is 64.3 Å². The summed E-state index contributed by atoms with van der Waals surface area (Å²) in [5.41, 5.74) is 3.80. The molecule has 1 aliphatic heterocycles. The molecule has 7 heteroatoms. The molecule has 3 heterocycles. The maximum absolute atomic E-state index is 12.5. The molecular formula is C27H36BrN5O. The highest BCUT2D eigenvalue weighted by Crippen LogP contribution is 2.36. The highest BCUT2D eigenvalue weighted by atomic mass is 79.9. The SMILES string of the molecule is CCN(c1cc(Br)cc2c(NCc3c(C)cc(C)[nH]c3=O)nccc12)C1CCN(C(C)C)CC1. The van der Waals surface area contributed by atoms with E-state index in [0.29, 0.717) is 18.6 Å². The normalized spacial score (nSPS) is 15.3. The third-order valence-electron chi connectivity index (χ3n) is 7.07. The largest absolute Gasteiger partial charge is 0.368 e. The highest BCUT2D eigenvalue weighted by Gasteiger charge is 2.26. The van der Waals surface area contributed by atoms with Crippen LogP contribution >= 0.6 is 15.9 Å². The standard InChI is InChI=1S/C27H36BrN5O/c1-6-33(21-8-11-32(12-9-21)17(2)3)25-15-20(28)14-23-22(25)7-10-29-26(23)30-16-24-18(4)13-19(5)31-27(24)34/h7,10,13-15,17,21H,6,8-9,11-12,16H2,1-5H3,(H,29,30)(H,31,34). The zero-order chi connectivity index (χ0) is 24.4. The average Bonchev–Trinajstić information content (AvgIpc) is 2.79. The Morgan fingerprint density at radius 2 is 1.94 bits per heavy atom. The van der Waals surface area contributed by atoms with Gasteiger partial charge in [-0.25, -0.2) is 4.98 Å². The van der Waals surface area contributed by atoms with E-state index in [0.717, 1.165) is 52.1 Å². The fraction of sp³-hybridized carbons (Fsp3) is 0.481. The molecule has 3 aromatic rings. The van der Waals surface area contributed by atoms with E-state index >= 15 is 0 Å². The first-order valence-electron chi connectivity index (χ1n) is 12.3. The number of fused-ring (bicyclic) bond motifs is 1. The molecule has 0 radical (unpaired) electrons. The van der Waals surface area contributed by atoms with Gasteiger partial charge in [0.1, 0.15) is 5.82 Å². The number of nitrogens with one attached hydrogen (secondary N) is 2. The zero-order valence-electron chi connectivity index (χ0n) is 20.9. The van der Waals surface area contributed by atoms with E-state index < -0.39 is 0 Å². The number of H-pyrrole nitrogens is 1. The van der Waals surface area contributed by atoms with Crippen molar-refractivity contribution >= 4 is 38.2 Å². The van der Waals surface area contributed by atoms with Crippen molar-refractivity contribution in [2.24, 2.45) is 0 Å². The monoisotopic (exact) mass is 525 g/mol. The van der Waals surface area contributed by atoms with Crippen LogP contribution < -0.4 is 15.8 Å². The Bertz CT molecular complexity index is 1210. The highest BCUT2D eigenvalue weighted by molar-refractivity contribution is 9.10. The van der Waals surface area contributed by atoms with Crippen molar-refractivity contribution in [1.82, 2.24) is 14.9 Å². The predicted octanol–water partition coefficient (Wildman–Crippen LogP) is 5.61. The molecule has 0 bridgehead atoms. The summed E-state index contributed by atoms with van der Waals surface area (Å²) >= 11 is 3.75. The molecule has 0 saturated carbocycles. The van der Waals surface area contributed by atoms with Crippen molar-refractivity contribution in [3.63, 3.8) is 0 Å². The molecule has 0 unspecified atom stereocenters. The molecule has 2 N–H and O–H groups in total. The molecule has 6 nitrogen and oxygen atoms in total. The number of pyridine rings is 2. The smallest absolute Gasteiger partial charge is 0.253 e. The van der Waals surface area contributed by atoms with E-state index in [2.05, 4.69) is 80.0 Å². The van der Waals surface area contributed by atoms with Crippen LogP contribution in [-0.4, -0.2) is 46.6 Å². The molecule has 4 rings (SSSR count). The number of halogens is 1. The Kier molecular flexibility index (Phi) is 7.63. The molecule has 34 heavy (non-hydrogen) atoms. The molecule has 0 atom stereocenters. The minimum atomic E-state index is -0.0444. The lowest BCUT2D eigenvalue weighted by molar-refractivity contribution is 0.170. The van der Waals surface area contributed by atoms with Gasteiger partial charge in [-0.1, -0.05) is 15.9 Å². The molecule has 1 aliphatic rings. The Hall–Kier alpha value is -2.38. The number of hydrogen-bond donors (Lipinski definition) is 2. The fourth-order valence-electron chi connectivity index (χ4n) is 5.22. The summed E-state index contributed by atoms with van der Waals surface area (Å²) in [6.07, 6.45) is 4.21. The summed E-state index contributed by atoms with van der Waals surface area (Å²) in [5, 5.41) is 5.68. The summed E-state index contributed by atoms with van der Waals surface area (Å²) < 4.78 is 1.04. The maximum Gasteiger partial charge on any atom is 0.253 e. The van der Waals surface area contributed by atoms with Crippen molar-refractivity contribution < 1.29 is 0 Å². The summed E-state index contributed by atoms with van der Waals surface area (Å²) in [6, 6.07) is 9.60. The lowest BCUT2D eigenvalue weighted by Crippen LogP contribution is -2.47. The number of aromatic nitrogens is 2. The van der Waals surface area contributed by atoms with Crippen LogP contribution in [0.15, 0.2) is 39.7 Å². The lowest BCUT2D eigenvalue weighted by atomic mass is 9.99. The number of rotatable bonds is 7. The Morgan fingerprint density at radius 1 is 1.21 bits per heavy atom. The number of anilines is 2. The number of likely N-dealkylation sites (tertiary alicyclic amines) is 1. The number of piperidine rings is 1.